The lowest BCUT2D eigenvalue weighted by Crippen LogP contribution is -2.19. The Morgan fingerprint density at radius 2 is 2.19 bits per heavy atom. The van der Waals surface area contributed by atoms with Crippen LogP contribution >= 0.6 is 23.2 Å². The zero-order chi connectivity index (χ0) is 15.2. The normalized spacial score (nSPS) is 10.6. The Kier molecular flexibility index (Phi) is 5.55. The second kappa shape index (κ2) is 7.40. The maximum atomic E-state index is 11.9. The Bertz CT molecular complexity index is 629. The lowest BCUT2D eigenvalue weighted by atomic mass is 10.2. The summed E-state index contributed by atoms with van der Waals surface area (Å²) in [4.78, 5) is 11.9. The van der Waals surface area contributed by atoms with Crippen molar-refractivity contribution in [3.63, 3.8) is 0 Å². The summed E-state index contributed by atoms with van der Waals surface area (Å²) in [5, 5.41) is 11.3. The second-order valence-electron chi connectivity index (χ2n) is 4.45. The molecular formula is C13H15Cl2N5O. The SMILES string of the molecule is NCCCc1cn(CC(=O)Nc2cccc(Cl)c2Cl)nn1. The molecule has 0 aliphatic heterocycles. The minimum atomic E-state index is -0.255. The average Bonchev–Trinajstić information content (AvgIpc) is 2.89. The minimum absolute atomic E-state index is 0.0540. The van der Waals surface area contributed by atoms with E-state index in [9.17, 15) is 4.79 Å². The smallest absolute Gasteiger partial charge is 0.246 e. The molecule has 8 heteroatoms. The van der Waals surface area contributed by atoms with E-state index in [-0.39, 0.29) is 12.5 Å². The third kappa shape index (κ3) is 4.42. The first-order valence-corrected chi connectivity index (χ1v) is 7.18. The van der Waals surface area contributed by atoms with Gasteiger partial charge in [-0.25, -0.2) is 4.68 Å². The number of halogens is 2. The maximum absolute atomic E-state index is 11.9. The highest BCUT2D eigenvalue weighted by atomic mass is 35.5. The predicted octanol–water partition coefficient (Wildman–Crippen LogP) is 2.11. The summed E-state index contributed by atoms with van der Waals surface area (Å²) < 4.78 is 1.47. The summed E-state index contributed by atoms with van der Waals surface area (Å²) in [5.41, 5.74) is 6.72. The van der Waals surface area contributed by atoms with Crippen molar-refractivity contribution in [1.82, 2.24) is 15.0 Å². The highest BCUT2D eigenvalue weighted by Gasteiger charge is 2.10. The Morgan fingerprint density at radius 3 is 2.95 bits per heavy atom. The van der Waals surface area contributed by atoms with Gasteiger partial charge in [-0.05, 0) is 31.5 Å². The summed E-state index contributed by atoms with van der Waals surface area (Å²) in [6.07, 6.45) is 3.32. The van der Waals surface area contributed by atoms with Gasteiger partial charge in [-0.3, -0.25) is 4.79 Å². The van der Waals surface area contributed by atoms with E-state index in [1.54, 1.807) is 24.4 Å². The number of aromatic nitrogens is 3. The number of benzene rings is 1. The third-order valence-corrected chi connectivity index (χ3v) is 3.57. The molecule has 0 saturated heterocycles. The molecule has 2 rings (SSSR count). The van der Waals surface area contributed by atoms with Crippen LogP contribution < -0.4 is 11.1 Å². The molecule has 0 spiro atoms. The van der Waals surface area contributed by atoms with Crippen molar-refractivity contribution in [2.45, 2.75) is 19.4 Å². The molecule has 112 valence electrons. The Morgan fingerprint density at radius 1 is 1.38 bits per heavy atom. The van der Waals surface area contributed by atoms with Gasteiger partial charge in [0.05, 0.1) is 21.4 Å². The van der Waals surface area contributed by atoms with E-state index >= 15 is 0 Å². The average molecular weight is 328 g/mol. The molecule has 21 heavy (non-hydrogen) atoms. The Balaban J connectivity index is 1.95. The van der Waals surface area contributed by atoms with Crippen LogP contribution in [-0.4, -0.2) is 27.4 Å². The zero-order valence-electron chi connectivity index (χ0n) is 11.2. The highest BCUT2D eigenvalue weighted by Crippen LogP contribution is 2.29. The number of carbonyl (C=O) groups excluding carboxylic acids is 1. The van der Waals surface area contributed by atoms with Gasteiger partial charge in [0.1, 0.15) is 6.54 Å². The van der Waals surface area contributed by atoms with E-state index in [0.29, 0.717) is 22.3 Å². The first-order valence-electron chi connectivity index (χ1n) is 6.43. The molecule has 0 saturated carbocycles. The van der Waals surface area contributed by atoms with Crippen LogP contribution in [0.5, 0.6) is 0 Å². The number of nitrogens with zero attached hydrogens (tertiary/aromatic N) is 3. The molecule has 0 fully saturated rings. The number of anilines is 1. The molecule has 1 aromatic carbocycles. The summed E-state index contributed by atoms with van der Waals surface area (Å²) in [6, 6.07) is 5.05. The molecule has 6 nitrogen and oxygen atoms in total. The summed E-state index contributed by atoms with van der Waals surface area (Å²) >= 11 is 11.9. The fraction of sp³-hybridized carbons (Fsp3) is 0.308. The fourth-order valence-corrected chi connectivity index (χ4v) is 2.10. The van der Waals surface area contributed by atoms with Gasteiger partial charge in [0.15, 0.2) is 0 Å². The molecule has 0 aliphatic carbocycles. The van der Waals surface area contributed by atoms with Gasteiger partial charge in [0, 0.05) is 6.20 Å². The molecule has 1 aromatic heterocycles. The number of hydrogen-bond donors (Lipinski definition) is 2. The standard InChI is InChI=1S/C13H15Cl2N5O/c14-10-4-1-5-11(13(10)15)17-12(21)8-20-7-9(18-19-20)3-2-6-16/h1,4-5,7H,2-3,6,8,16H2,(H,17,21). The van der Waals surface area contributed by atoms with Crippen molar-refractivity contribution in [1.29, 1.82) is 0 Å². The number of amides is 1. The van der Waals surface area contributed by atoms with Gasteiger partial charge in [-0.1, -0.05) is 34.5 Å². The predicted molar refractivity (Wildman–Crippen MR) is 82.5 cm³/mol. The van der Waals surface area contributed by atoms with Gasteiger partial charge in [0.2, 0.25) is 5.91 Å². The Labute approximate surface area is 132 Å². The number of hydrogen-bond acceptors (Lipinski definition) is 4. The maximum Gasteiger partial charge on any atom is 0.246 e. The second-order valence-corrected chi connectivity index (χ2v) is 5.23. The number of carbonyl (C=O) groups is 1. The van der Waals surface area contributed by atoms with Crippen molar-refractivity contribution in [3.05, 3.63) is 40.1 Å². The van der Waals surface area contributed by atoms with E-state index in [1.807, 2.05) is 0 Å². The molecule has 0 radical (unpaired) electrons. The number of nitrogens with one attached hydrogen (secondary N) is 1. The first kappa shape index (κ1) is 15.8. The molecule has 3 N–H and O–H groups in total. The molecular weight excluding hydrogens is 313 g/mol. The highest BCUT2D eigenvalue weighted by molar-refractivity contribution is 6.43. The molecule has 2 aromatic rings. The zero-order valence-corrected chi connectivity index (χ0v) is 12.7. The minimum Gasteiger partial charge on any atom is -0.330 e. The van der Waals surface area contributed by atoms with Crippen LogP contribution in [0.2, 0.25) is 10.0 Å². The van der Waals surface area contributed by atoms with Crippen LogP contribution in [0.15, 0.2) is 24.4 Å². The van der Waals surface area contributed by atoms with Crippen LogP contribution in [0.3, 0.4) is 0 Å². The first-order chi connectivity index (χ1) is 10.1. The van der Waals surface area contributed by atoms with E-state index in [2.05, 4.69) is 15.6 Å². The van der Waals surface area contributed by atoms with Crippen molar-refractivity contribution in [3.8, 4) is 0 Å². The number of aryl methyl sites for hydroxylation is 1. The van der Waals surface area contributed by atoms with Crippen LogP contribution in [-0.2, 0) is 17.8 Å². The molecule has 0 aliphatic rings. The fourth-order valence-electron chi connectivity index (χ4n) is 1.75. The summed E-state index contributed by atoms with van der Waals surface area (Å²) in [7, 11) is 0. The van der Waals surface area contributed by atoms with Gasteiger partial charge >= 0.3 is 0 Å². The number of rotatable bonds is 6. The molecule has 0 unspecified atom stereocenters. The molecule has 1 heterocycles. The summed E-state index contributed by atoms with van der Waals surface area (Å²) in [5.74, 6) is -0.255. The monoisotopic (exact) mass is 327 g/mol. The lowest BCUT2D eigenvalue weighted by Gasteiger charge is -2.07. The van der Waals surface area contributed by atoms with Crippen LogP contribution in [0.4, 0.5) is 5.69 Å². The lowest BCUT2D eigenvalue weighted by molar-refractivity contribution is -0.116. The van der Waals surface area contributed by atoms with Crippen LogP contribution in [0.25, 0.3) is 0 Å². The van der Waals surface area contributed by atoms with E-state index in [0.717, 1.165) is 18.5 Å². The van der Waals surface area contributed by atoms with Crippen molar-refractivity contribution < 1.29 is 4.79 Å². The van der Waals surface area contributed by atoms with Crippen molar-refractivity contribution >= 4 is 34.8 Å². The van der Waals surface area contributed by atoms with Crippen LogP contribution in [0.1, 0.15) is 12.1 Å². The van der Waals surface area contributed by atoms with Gasteiger partial charge in [-0.2, -0.15) is 0 Å². The van der Waals surface area contributed by atoms with Crippen LogP contribution in [0, 0.1) is 0 Å². The summed E-state index contributed by atoms with van der Waals surface area (Å²) in [6.45, 7) is 0.652. The van der Waals surface area contributed by atoms with E-state index in [1.165, 1.54) is 4.68 Å². The number of nitrogens with two attached hydrogens (primary N) is 1. The van der Waals surface area contributed by atoms with Gasteiger partial charge in [-0.15, -0.1) is 5.10 Å². The van der Waals surface area contributed by atoms with Gasteiger partial charge in [0.25, 0.3) is 0 Å². The third-order valence-electron chi connectivity index (χ3n) is 2.75. The van der Waals surface area contributed by atoms with E-state index in [4.69, 9.17) is 28.9 Å². The van der Waals surface area contributed by atoms with Crippen molar-refractivity contribution in [2.24, 2.45) is 5.73 Å². The Hall–Kier alpha value is -1.63. The molecule has 1 amide bonds. The molecule has 0 atom stereocenters. The quantitative estimate of drug-likeness (QED) is 0.850. The largest absolute Gasteiger partial charge is 0.330 e. The van der Waals surface area contributed by atoms with Gasteiger partial charge < -0.3 is 11.1 Å². The van der Waals surface area contributed by atoms with E-state index < -0.39 is 0 Å². The topological polar surface area (TPSA) is 85.8 Å². The molecule has 0 bridgehead atoms. The van der Waals surface area contributed by atoms with Crippen molar-refractivity contribution in [2.75, 3.05) is 11.9 Å².